The molecule has 0 saturated carbocycles. The highest BCUT2D eigenvalue weighted by Crippen LogP contribution is 2.36. The van der Waals surface area contributed by atoms with Crippen LogP contribution < -0.4 is 14.8 Å². The van der Waals surface area contributed by atoms with Gasteiger partial charge in [-0.25, -0.2) is 9.80 Å². The van der Waals surface area contributed by atoms with E-state index in [9.17, 15) is 9.59 Å². The van der Waals surface area contributed by atoms with Gasteiger partial charge in [0.25, 0.3) is 5.91 Å². The van der Waals surface area contributed by atoms with Crippen LogP contribution in [-0.2, 0) is 4.79 Å². The van der Waals surface area contributed by atoms with E-state index in [1.54, 1.807) is 27.3 Å². The van der Waals surface area contributed by atoms with Gasteiger partial charge in [0.2, 0.25) is 0 Å². The van der Waals surface area contributed by atoms with Gasteiger partial charge in [-0.1, -0.05) is 29.8 Å². The monoisotopic (exact) mass is 452 g/mol. The minimum atomic E-state index is -0.301. The van der Waals surface area contributed by atoms with Gasteiger partial charge in [-0.15, -0.1) is 0 Å². The number of amides is 3. The van der Waals surface area contributed by atoms with E-state index in [0.717, 1.165) is 22.4 Å². The van der Waals surface area contributed by atoms with E-state index in [2.05, 4.69) is 5.32 Å². The van der Waals surface area contributed by atoms with Gasteiger partial charge in [-0.05, 0) is 38.5 Å². The Bertz CT molecular complexity index is 1030. The normalized spacial score (nSPS) is 15.3. The number of hydrazone groups is 1. The molecule has 0 fully saturated rings. The van der Waals surface area contributed by atoms with Crippen molar-refractivity contribution in [3.05, 3.63) is 59.2 Å². The van der Waals surface area contributed by atoms with Crippen molar-refractivity contribution in [3.63, 3.8) is 0 Å². The smallest absolute Gasteiger partial charge is 0.317 e. The van der Waals surface area contributed by atoms with Crippen molar-refractivity contribution >= 4 is 17.6 Å². The molecule has 1 aliphatic rings. The second-order valence-corrected chi connectivity index (χ2v) is 8.44. The number of rotatable bonds is 7. The lowest BCUT2D eigenvalue weighted by Gasteiger charge is -2.25. The van der Waals surface area contributed by atoms with Crippen LogP contribution in [0.25, 0.3) is 0 Å². The number of ether oxygens (including phenoxy) is 2. The highest BCUT2D eigenvalue weighted by atomic mass is 16.5. The summed E-state index contributed by atoms with van der Waals surface area (Å²) in [5.41, 5.74) is 3.66. The maximum absolute atomic E-state index is 13.3. The molecule has 0 unspecified atom stereocenters. The molecule has 0 aliphatic carbocycles. The van der Waals surface area contributed by atoms with Crippen molar-refractivity contribution in [1.82, 2.24) is 15.2 Å². The minimum Gasteiger partial charge on any atom is -0.497 e. The number of carbonyl (C=O) groups excluding carboxylic acids is 2. The van der Waals surface area contributed by atoms with Crippen LogP contribution in [-0.4, -0.2) is 61.4 Å². The van der Waals surface area contributed by atoms with Crippen LogP contribution in [0.1, 0.15) is 43.0 Å². The Kier molecular flexibility index (Phi) is 7.58. The van der Waals surface area contributed by atoms with Crippen molar-refractivity contribution in [2.45, 2.75) is 39.3 Å². The molecule has 176 valence electrons. The lowest BCUT2D eigenvalue weighted by Crippen LogP contribution is -2.45. The molecular formula is C25H32N4O4. The molecule has 0 bridgehead atoms. The molecule has 3 amide bonds. The fourth-order valence-corrected chi connectivity index (χ4v) is 3.69. The number of carbonyl (C=O) groups is 2. The Morgan fingerprint density at radius 3 is 2.45 bits per heavy atom. The third kappa shape index (κ3) is 5.63. The van der Waals surface area contributed by atoms with Crippen molar-refractivity contribution < 1.29 is 19.1 Å². The first-order valence-electron chi connectivity index (χ1n) is 10.9. The van der Waals surface area contributed by atoms with Crippen LogP contribution in [0, 0.1) is 6.92 Å². The highest BCUT2D eigenvalue weighted by molar-refractivity contribution is 6.05. The summed E-state index contributed by atoms with van der Waals surface area (Å²) in [5, 5.41) is 8.99. The van der Waals surface area contributed by atoms with Crippen molar-refractivity contribution in [1.29, 1.82) is 0 Å². The quantitative estimate of drug-likeness (QED) is 0.694. The summed E-state index contributed by atoms with van der Waals surface area (Å²) in [6.07, 6.45) is 0.527. The Hall–Kier alpha value is -3.55. The first-order chi connectivity index (χ1) is 15.7. The molecule has 0 spiro atoms. The maximum Gasteiger partial charge on any atom is 0.317 e. The summed E-state index contributed by atoms with van der Waals surface area (Å²) in [5.74, 6) is 1.04. The van der Waals surface area contributed by atoms with E-state index in [0.29, 0.717) is 17.9 Å². The predicted octanol–water partition coefficient (Wildman–Crippen LogP) is 3.74. The first-order valence-corrected chi connectivity index (χ1v) is 10.9. The SMILES string of the molecule is COc1ccc(C2=NN(C(=O)CN(C)C(=O)NC(C)C)[C@H](c3ccc(C)cc3)C2)c(OC)c1. The summed E-state index contributed by atoms with van der Waals surface area (Å²) in [6, 6.07) is 13.0. The van der Waals surface area contributed by atoms with Gasteiger partial charge in [0.05, 0.1) is 26.0 Å². The summed E-state index contributed by atoms with van der Waals surface area (Å²) in [6.45, 7) is 5.69. The molecule has 3 rings (SSSR count). The lowest BCUT2D eigenvalue weighted by molar-refractivity contribution is -0.133. The van der Waals surface area contributed by atoms with Gasteiger partial charge in [0.1, 0.15) is 18.0 Å². The number of urea groups is 1. The van der Waals surface area contributed by atoms with Gasteiger partial charge in [-0.2, -0.15) is 5.10 Å². The van der Waals surface area contributed by atoms with Crippen LogP contribution in [0.2, 0.25) is 0 Å². The van der Waals surface area contributed by atoms with E-state index in [1.807, 2.05) is 57.2 Å². The largest absolute Gasteiger partial charge is 0.497 e. The molecule has 0 radical (unpaired) electrons. The average molecular weight is 453 g/mol. The van der Waals surface area contributed by atoms with Crippen LogP contribution in [0.5, 0.6) is 11.5 Å². The van der Waals surface area contributed by atoms with Crippen LogP contribution in [0.4, 0.5) is 4.79 Å². The summed E-state index contributed by atoms with van der Waals surface area (Å²) < 4.78 is 10.9. The molecule has 1 atom stereocenters. The molecule has 33 heavy (non-hydrogen) atoms. The number of hydrogen-bond donors (Lipinski definition) is 1. The zero-order valence-corrected chi connectivity index (χ0v) is 20.1. The van der Waals surface area contributed by atoms with Crippen LogP contribution in [0.15, 0.2) is 47.6 Å². The molecule has 8 nitrogen and oxygen atoms in total. The van der Waals surface area contributed by atoms with Gasteiger partial charge in [0, 0.05) is 31.1 Å². The molecule has 2 aromatic carbocycles. The number of methoxy groups -OCH3 is 2. The van der Waals surface area contributed by atoms with E-state index >= 15 is 0 Å². The third-order valence-electron chi connectivity index (χ3n) is 5.48. The molecule has 1 aliphatic heterocycles. The van der Waals surface area contributed by atoms with Gasteiger partial charge >= 0.3 is 6.03 Å². The van der Waals surface area contributed by atoms with Gasteiger partial charge in [-0.3, -0.25) is 4.79 Å². The Morgan fingerprint density at radius 1 is 1.15 bits per heavy atom. The van der Waals surface area contributed by atoms with E-state index in [-0.39, 0.29) is 30.6 Å². The second kappa shape index (κ2) is 10.4. The fraction of sp³-hybridized carbons (Fsp3) is 0.400. The van der Waals surface area contributed by atoms with E-state index < -0.39 is 0 Å². The Balaban J connectivity index is 1.92. The standard InChI is InChI=1S/C25H32N4O4/c1-16(2)26-25(31)28(4)15-24(30)29-22(18-9-7-17(3)8-10-18)14-21(27-29)20-12-11-19(32-5)13-23(20)33-6/h7-13,16,22H,14-15H2,1-6H3,(H,26,31)/t22-/m0/s1. The molecule has 0 aromatic heterocycles. The number of aryl methyl sites for hydroxylation is 1. The minimum absolute atomic E-state index is 0.0192. The molecule has 1 heterocycles. The summed E-state index contributed by atoms with van der Waals surface area (Å²) in [7, 11) is 4.79. The topological polar surface area (TPSA) is 83.5 Å². The lowest BCUT2D eigenvalue weighted by atomic mass is 9.97. The average Bonchev–Trinajstić information content (AvgIpc) is 3.24. The number of likely N-dealkylation sites (N-methyl/N-ethyl adjacent to an activating group) is 1. The van der Waals surface area contributed by atoms with Crippen molar-refractivity contribution in [2.24, 2.45) is 5.10 Å². The van der Waals surface area contributed by atoms with Crippen LogP contribution >= 0.6 is 0 Å². The fourth-order valence-electron chi connectivity index (χ4n) is 3.69. The van der Waals surface area contributed by atoms with Gasteiger partial charge in [0.15, 0.2) is 0 Å². The molecule has 0 saturated heterocycles. The highest BCUT2D eigenvalue weighted by Gasteiger charge is 2.34. The maximum atomic E-state index is 13.3. The van der Waals surface area contributed by atoms with E-state index in [4.69, 9.17) is 14.6 Å². The molecule has 1 N–H and O–H groups in total. The zero-order valence-electron chi connectivity index (χ0n) is 20.1. The Labute approximate surface area is 195 Å². The number of nitrogens with one attached hydrogen (secondary N) is 1. The zero-order chi connectivity index (χ0) is 24.1. The molecular weight excluding hydrogens is 420 g/mol. The second-order valence-electron chi connectivity index (χ2n) is 8.44. The predicted molar refractivity (Wildman–Crippen MR) is 128 cm³/mol. The number of benzene rings is 2. The van der Waals surface area contributed by atoms with E-state index in [1.165, 1.54) is 9.91 Å². The van der Waals surface area contributed by atoms with Gasteiger partial charge < -0.3 is 19.7 Å². The van der Waals surface area contributed by atoms with Crippen LogP contribution in [0.3, 0.4) is 0 Å². The number of hydrogen-bond acceptors (Lipinski definition) is 5. The van der Waals surface area contributed by atoms with Crippen molar-refractivity contribution in [2.75, 3.05) is 27.8 Å². The third-order valence-corrected chi connectivity index (χ3v) is 5.48. The summed E-state index contributed by atoms with van der Waals surface area (Å²) >= 11 is 0. The summed E-state index contributed by atoms with van der Waals surface area (Å²) in [4.78, 5) is 26.9. The number of nitrogens with zero attached hydrogens (tertiary/aromatic N) is 3. The Morgan fingerprint density at radius 2 is 1.85 bits per heavy atom. The molecule has 8 heteroatoms. The first kappa shape index (κ1) is 24.1. The van der Waals surface area contributed by atoms with Crippen molar-refractivity contribution in [3.8, 4) is 11.5 Å². The molecule has 2 aromatic rings.